The van der Waals surface area contributed by atoms with Crippen LogP contribution in [-0.4, -0.2) is 49.5 Å². The van der Waals surface area contributed by atoms with E-state index in [4.69, 9.17) is 12.6 Å². The van der Waals surface area contributed by atoms with Gasteiger partial charge in [0.2, 0.25) is 15.9 Å². The zero-order chi connectivity index (χ0) is 20.2. The summed E-state index contributed by atoms with van der Waals surface area (Å²) in [5, 5.41) is 5.41. The Labute approximate surface area is 157 Å². The van der Waals surface area contributed by atoms with Crippen LogP contribution in [0, 0.1) is 0 Å². The Kier molecular flexibility index (Phi) is 5.33. The SMILES string of the molecule is [2H]C([2H])(COc1nccc(-c2cccnc2)c1S(N)(=O)=O)CN1CCCCC1. The van der Waals surface area contributed by atoms with E-state index in [1.54, 1.807) is 18.3 Å². The van der Waals surface area contributed by atoms with E-state index in [0.29, 0.717) is 11.1 Å². The Bertz CT molecular complexity index is 904. The molecule has 1 fully saturated rings. The lowest BCUT2D eigenvalue weighted by Gasteiger charge is -2.26. The van der Waals surface area contributed by atoms with Crippen LogP contribution in [0.15, 0.2) is 41.7 Å². The Balaban J connectivity index is 1.83. The van der Waals surface area contributed by atoms with Gasteiger partial charge in [0.15, 0.2) is 4.90 Å². The van der Waals surface area contributed by atoms with Gasteiger partial charge in [-0.2, -0.15) is 0 Å². The summed E-state index contributed by atoms with van der Waals surface area (Å²) in [5.41, 5.74) is 0.868. The molecule has 3 rings (SSSR count). The average molecular weight is 378 g/mol. The summed E-state index contributed by atoms with van der Waals surface area (Å²) < 4.78 is 46.5. The molecule has 2 aromatic heterocycles. The zero-order valence-electron chi connectivity index (χ0n) is 16.5. The number of sulfonamides is 1. The van der Waals surface area contributed by atoms with E-state index >= 15 is 0 Å². The molecule has 140 valence electrons. The van der Waals surface area contributed by atoms with Crippen molar-refractivity contribution in [2.24, 2.45) is 5.14 Å². The second-order valence-electron chi connectivity index (χ2n) is 6.15. The van der Waals surface area contributed by atoms with Crippen LogP contribution in [0.3, 0.4) is 0 Å². The van der Waals surface area contributed by atoms with Gasteiger partial charge in [-0.3, -0.25) is 4.98 Å². The number of piperidine rings is 1. The highest BCUT2D eigenvalue weighted by molar-refractivity contribution is 7.89. The maximum atomic E-state index is 12.2. The van der Waals surface area contributed by atoms with Gasteiger partial charge in [-0.15, -0.1) is 0 Å². The molecule has 0 aromatic carbocycles. The first kappa shape index (κ1) is 16.2. The smallest absolute Gasteiger partial charge is 0.244 e. The van der Waals surface area contributed by atoms with Crippen molar-refractivity contribution in [2.75, 3.05) is 26.2 Å². The number of nitrogens with two attached hydrogens (primary N) is 1. The fourth-order valence-corrected chi connectivity index (χ4v) is 3.84. The fraction of sp³-hybridized carbons (Fsp3) is 0.444. The largest absolute Gasteiger partial charge is 0.477 e. The first-order chi connectivity index (χ1) is 13.3. The summed E-state index contributed by atoms with van der Waals surface area (Å²) in [7, 11) is -4.16. The first-order valence-corrected chi connectivity index (χ1v) is 10.1. The van der Waals surface area contributed by atoms with Gasteiger partial charge >= 0.3 is 0 Å². The third-order valence-corrected chi connectivity index (χ3v) is 5.19. The van der Waals surface area contributed by atoms with Gasteiger partial charge in [-0.25, -0.2) is 18.5 Å². The topological polar surface area (TPSA) is 98.4 Å². The van der Waals surface area contributed by atoms with Crippen LogP contribution in [0.25, 0.3) is 11.1 Å². The molecule has 26 heavy (non-hydrogen) atoms. The van der Waals surface area contributed by atoms with Crippen molar-refractivity contribution in [3.8, 4) is 17.0 Å². The molecule has 0 unspecified atom stereocenters. The molecule has 1 saturated heterocycles. The van der Waals surface area contributed by atoms with Crippen LogP contribution >= 0.6 is 0 Å². The quantitative estimate of drug-likeness (QED) is 0.792. The summed E-state index contributed by atoms with van der Waals surface area (Å²) in [6.45, 7) is 1.61. The zero-order valence-corrected chi connectivity index (χ0v) is 15.3. The van der Waals surface area contributed by atoms with Crippen molar-refractivity contribution in [3.05, 3.63) is 36.8 Å². The van der Waals surface area contributed by atoms with Crippen LogP contribution in [0.1, 0.15) is 28.4 Å². The highest BCUT2D eigenvalue weighted by atomic mass is 32.2. The predicted molar refractivity (Wildman–Crippen MR) is 99.2 cm³/mol. The highest BCUT2D eigenvalue weighted by Gasteiger charge is 2.23. The van der Waals surface area contributed by atoms with Crippen LogP contribution in [0.2, 0.25) is 0 Å². The van der Waals surface area contributed by atoms with Crippen LogP contribution in [0.4, 0.5) is 0 Å². The number of hydrogen-bond acceptors (Lipinski definition) is 6. The van der Waals surface area contributed by atoms with E-state index in [-0.39, 0.29) is 23.9 Å². The van der Waals surface area contributed by atoms with Crippen molar-refractivity contribution in [3.63, 3.8) is 0 Å². The molecule has 0 atom stereocenters. The second-order valence-corrected chi connectivity index (χ2v) is 7.65. The van der Waals surface area contributed by atoms with Crippen molar-refractivity contribution in [1.29, 1.82) is 0 Å². The van der Waals surface area contributed by atoms with E-state index in [1.165, 1.54) is 24.9 Å². The third kappa shape index (κ3) is 4.78. The van der Waals surface area contributed by atoms with Gasteiger partial charge in [-0.05, 0) is 44.4 Å². The molecule has 1 aliphatic heterocycles. The minimum Gasteiger partial charge on any atom is -0.477 e. The van der Waals surface area contributed by atoms with Crippen LogP contribution in [0.5, 0.6) is 5.88 Å². The number of likely N-dealkylation sites (tertiary alicyclic amines) is 1. The lowest BCUT2D eigenvalue weighted by molar-refractivity contribution is 0.201. The molecule has 0 saturated carbocycles. The van der Waals surface area contributed by atoms with Crippen molar-refractivity contribution in [2.45, 2.75) is 30.5 Å². The Morgan fingerprint density at radius 3 is 2.73 bits per heavy atom. The average Bonchev–Trinajstić information content (AvgIpc) is 2.66. The first-order valence-electron chi connectivity index (χ1n) is 9.54. The van der Waals surface area contributed by atoms with Crippen molar-refractivity contribution < 1.29 is 15.9 Å². The molecular formula is C18H24N4O3S. The number of rotatable bonds is 7. The minimum atomic E-state index is -4.16. The van der Waals surface area contributed by atoms with E-state index in [9.17, 15) is 8.42 Å². The van der Waals surface area contributed by atoms with E-state index in [0.717, 1.165) is 25.9 Å². The normalized spacial score (nSPS) is 17.4. The number of hydrogen-bond donors (Lipinski definition) is 1. The minimum absolute atomic E-state index is 0.202. The van der Waals surface area contributed by atoms with Crippen molar-refractivity contribution in [1.82, 2.24) is 14.9 Å². The van der Waals surface area contributed by atoms with Gasteiger partial charge in [0.05, 0.1) is 6.61 Å². The lowest BCUT2D eigenvalue weighted by atomic mass is 10.1. The third-order valence-electron chi connectivity index (χ3n) is 4.22. The van der Waals surface area contributed by atoms with Crippen LogP contribution < -0.4 is 9.88 Å². The van der Waals surface area contributed by atoms with E-state index in [1.807, 2.05) is 0 Å². The molecule has 0 bridgehead atoms. The molecule has 8 heteroatoms. The highest BCUT2D eigenvalue weighted by Crippen LogP contribution is 2.31. The Morgan fingerprint density at radius 2 is 2.04 bits per heavy atom. The second kappa shape index (κ2) is 8.57. The van der Waals surface area contributed by atoms with Gasteiger partial charge in [0, 0.05) is 39.0 Å². The predicted octanol–water partition coefficient (Wildman–Crippen LogP) is 2.05. The monoisotopic (exact) mass is 378 g/mol. The Morgan fingerprint density at radius 1 is 1.23 bits per heavy atom. The molecular weight excluding hydrogens is 352 g/mol. The molecule has 0 radical (unpaired) electrons. The number of aromatic nitrogens is 2. The molecule has 0 spiro atoms. The van der Waals surface area contributed by atoms with Gasteiger partial charge in [0.1, 0.15) is 0 Å². The number of pyridine rings is 2. The number of primary sulfonamides is 1. The van der Waals surface area contributed by atoms with Gasteiger partial charge < -0.3 is 9.64 Å². The summed E-state index contributed by atoms with van der Waals surface area (Å²) in [5.74, 6) is -0.202. The van der Waals surface area contributed by atoms with Gasteiger partial charge in [0.25, 0.3) is 0 Å². The number of ether oxygens (including phenoxy) is 1. The maximum Gasteiger partial charge on any atom is 0.244 e. The lowest BCUT2D eigenvalue weighted by Crippen LogP contribution is -2.31. The maximum absolute atomic E-state index is 12.2. The number of nitrogens with zero attached hydrogens (tertiary/aromatic N) is 3. The van der Waals surface area contributed by atoms with E-state index < -0.39 is 16.4 Å². The summed E-state index contributed by atoms with van der Waals surface area (Å²) >= 11 is 0. The summed E-state index contributed by atoms with van der Waals surface area (Å²) in [6, 6.07) is 4.91. The fourth-order valence-electron chi connectivity index (χ4n) is 3.00. The summed E-state index contributed by atoms with van der Waals surface area (Å²) in [6.07, 6.45) is 6.13. The molecule has 2 aromatic rings. The molecule has 3 heterocycles. The van der Waals surface area contributed by atoms with Crippen LogP contribution in [-0.2, 0) is 10.0 Å². The summed E-state index contributed by atoms with van der Waals surface area (Å²) in [4.78, 5) is 9.80. The standard InChI is InChI=1S/C18H24N4O3S/c19-26(23,24)17-16(15-6-4-8-20-14-15)7-9-21-18(17)25-13-5-12-22-10-2-1-3-11-22/h4,6-9,14H,1-3,5,10-13H2,(H2,19,23,24)/i5D2. The molecule has 1 aliphatic rings. The van der Waals surface area contributed by atoms with Gasteiger partial charge in [-0.1, -0.05) is 12.5 Å². The molecule has 0 amide bonds. The molecule has 0 aliphatic carbocycles. The molecule has 2 N–H and O–H groups in total. The van der Waals surface area contributed by atoms with E-state index in [2.05, 4.69) is 14.9 Å². The Hall–Kier alpha value is -2.03. The van der Waals surface area contributed by atoms with Crippen molar-refractivity contribution >= 4 is 10.0 Å². The molecule has 7 nitrogen and oxygen atoms in total.